The van der Waals surface area contributed by atoms with Gasteiger partial charge in [0.1, 0.15) is 0 Å². The molecule has 11 heteroatoms. The second kappa shape index (κ2) is 5.35. The Morgan fingerprint density at radius 3 is 1.95 bits per heavy atom. The minimum absolute atomic E-state index is 0.676. The molecule has 0 amide bonds. The fourth-order valence-electron chi connectivity index (χ4n) is 0.834. The van der Waals surface area contributed by atoms with Crippen molar-refractivity contribution >= 4 is 11.9 Å². The van der Waals surface area contributed by atoms with Crippen LogP contribution in [0.2, 0.25) is 0 Å². The Morgan fingerprint density at radius 1 is 0.950 bits per heavy atom. The molecule has 1 aromatic heterocycles. The van der Waals surface area contributed by atoms with E-state index in [0.29, 0.717) is 6.07 Å². The highest BCUT2D eigenvalue weighted by molar-refractivity contribution is 5.80. The van der Waals surface area contributed by atoms with Crippen molar-refractivity contribution in [2.24, 2.45) is 0 Å². The molecule has 0 aliphatic heterocycles. The van der Waals surface area contributed by atoms with Gasteiger partial charge in [-0.2, -0.15) is 26.3 Å². The molecule has 0 saturated heterocycles. The summed E-state index contributed by atoms with van der Waals surface area (Å²) in [6, 6.07) is 1.64. The third-order valence-electron chi connectivity index (χ3n) is 1.59. The lowest BCUT2D eigenvalue weighted by molar-refractivity contribution is -0.192. The monoisotopic (exact) mass is 303 g/mol. The Kier molecular flexibility index (Phi) is 4.20. The first-order chi connectivity index (χ1) is 9.01. The molecule has 1 aromatic rings. The Bertz CT molecular complexity index is 477. The number of esters is 2. The highest BCUT2D eigenvalue weighted by Gasteiger charge is 2.44. The number of nitrogens with zero attached hydrogens (tertiary/aromatic N) is 1. The smallest absolute Gasteiger partial charge is 0.414 e. The van der Waals surface area contributed by atoms with Crippen LogP contribution in [-0.4, -0.2) is 29.3 Å². The average Bonchev–Trinajstić information content (AvgIpc) is 2.29. The minimum Gasteiger partial charge on any atom is -0.414 e. The number of hydrogen-bond acceptors (Lipinski definition) is 5. The predicted molar refractivity (Wildman–Crippen MR) is 47.6 cm³/mol. The van der Waals surface area contributed by atoms with Crippen LogP contribution in [0.5, 0.6) is 11.6 Å². The highest BCUT2D eigenvalue weighted by atomic mass is 19.4. The van der Waals surface area contributed by atoms with Gasteiger partial charge in [0.05, 0.1) is 0 Å². The molecule has 0 N–H and O–H groups in total. The molecule has 0 aromatic carbocycles. The summed E-state index contributed by atoms with van der Waals surface area (Å²) in [7, 11) is 0. The van der Waals surface area contributed by atoms with Crippen LogP contribution >= 0.6 is 0 Å². The van der Waals surface area contributed by atoms with Crippen molar-refractivity contribution in [3.8, 4) is 11.6 Å². The molecule has 0 aliphatic rings. The molecular formula is C9H3F6NO4. The molecule has 1 rings (SSSR count). The number of carbonyl (C=O) groups is 2. The van der Waals surface area contributed by atoms with E-state index in [2.05, 4.69) is 14.5 Å². The number of alkyl halides is 6. The zero-order chi connectivity index (χ0) is 15.6. The van der Waals surface area contributed by atoms with Gasteiger partial charge in [0, 0.05) is 6.20 Å². The number of hydrogen-bond donors (Lipinski definition) is 0. The first-order valence-electron chi connectivity index (χ1n) is 4.55. The number of aromatic nitrogens is 1. The van der Waals surface area contributed by atoms with Gasteiger partial charge in [-0.1, -0.05) is 0 Å². The third kappa shape index (κ3) is 4.10. The molecular weight excluding hydrogens is 300 g/mol. The van der Waals surface area contributed by atoms with E-state index < -0.39 is 35.9 Å². The van der Waals surface area contributed by atoms with Crippen LogP contribution < -0.4 is 9.47 Å². The van der Waals surface area contributed by atoms with E-state index in [1.165, 1.54) is 0 Å². The zero-order valence-corrected chi connectivity index (χ0v) is 9.08. The van der Waals surface area contributed by atoms with E-state index in [-0.39, 0.29) is 0 Å². The van der Waals surface area contributed by atoms with Gasteiger partial charge in [0.2, 0.25) is 0 Å². The Labute approximate surface area is 106 Å². The molecule has 0 atom stereocenters. The standard InChI is InChI=1S/C9H3F6NO4/c10-8(11,12)6(17)19-4-2-1-3-16-5(4)20-7(18)9(13,14)15/h1-3H. The lowest BCUT2D eigenvalue weighted by atomic mass is 10.4. The molecule has 0 saturated carbocycles. The first kappa shape index (κ1) is 15.7. The number of carbonyl (C=O) groups excluding carboxylic acids is 2. The number of ether oxygens (including phenoxy) is 2. The summed E-state index contributed by atoms with van der Waals surface area (Å²) in [5, 5.41) is 0. The lowest BCUT2D eigenvalue weighted by Gasteiger charge is -2.11. The highest BCUT2D eigenvalue weighted by Crippen LogP contribution is 2.28. The van der Waals surface area contributed by atoms with Gasteiger partial charge in [-0.05, 0) is 12.1 Å². The Hall–Kier alpha value is -2.33. The second-order valence-electron chi connectivity index (χ2n) is 3.08. The van der Waals surface area contributed by atoms with Crippen molar-refractivity contribution in [1.29, 1.82) is 0 Å². The van der Waals surface area contributed by atoms with Crippen LogP contribution in [0.4, 0.5) is 26.3 Å². The molecule has 0 bridgehead atoms. The zero-order valence-electron chi connectivity index (χ0n) is 9.08. The van der Waals surface area contributed by atoms with E-state index in [1.807, 2.05) is 0 Å². The summed E-state index contributed by atoms with van der Waals surface area (Å²) in [6.07, 6.45) is -9.94. The van der Waals surface area contributed by atoms with Crippen LogP contribution in [0.1, 0.15) is 0 Å². The molecule has 0 spiro atoms. The van der Waals surface area contributed by atoms with E-state index >= 15 is 0 Å². The van der Waals surface area contributed by atoms with Gasteiger partial charge in [-0.15, -0.1) is 0 Å². The fraction of sp³-hybridized carbons (Fsp3) is 0.222. The Balaban J connectivity index is 2.95. The number of pyridine rings is 1. The number of rotatable bonds is 2. The van der Waals surface area contributed by atoms with E-state index in [0.717, 1.165) is 12.3 Å². The lowest BCUT2D eigenvalue weighted by Crippen LogP contribution is -2.30. The SMILES string of the molecule is O=C(Oc1cccnc1OC(=O)C(F)(F)F)C(F)(F)F. The summed E-state index contributed by atoms with van der Waals surface area (Å²) in [5.74, 6) is -7.71. The van der Waals surface area contributed by atoms with Crippen molar-refractivity contribution in [1.82, 2.24) is 4.98 Å². The summed E-state index contributed by atoms with van der Waals surface area (Å²) >= 11 is 0. The van der Waals surface area contributed by atoms with Crippen LogP contribution in [-0.2, 0) is 9.59 Å². The van der Waals surface area contributed by atoms with Crippen molar-refractivity contribution < 1.29 is 45.4 Å². The van der Waals surface area contributed by atoms with Gasteiger partial charge in [0.25, 0.3) is 5.88 Å². The van der Waals surface area contributed by atoms with Gasteiger partial charge >= 0.3 is 24.3 Å². The second-order valence-corrected chi connectivity index (χ2v) is 3.08. The fourth-order valence-corrected chi connectivity index (χ4v) is 0.834. The van der Waals surface area contributed by atoms with Crippen molar-refractivity contribution in [3.05, 3.63) is 18.3 Å². The Morgan fingerprint density at radius 2 is 1.45 bits per heavy atom. The van der Waals surface area contributed by atoms with Gasteiger partial charge in [-0.25, -0.2) is 14.6 Å². The van der Waals surface area contributed by atoms with Crippen LogP contribution in [0.3, 0.4) is 0 Å². The molecule has 0 aliphatic carbocycles. The van der Waals surface area contributed by atoms with Crippen LogP contribution in [0.25, 0.3) is 0 Å². The van der Waals surface area contributed by atoms with E-state index in [1.54, 1.807) is 0 Å². The molecule has 5 nitrogen and oxygen atoms in total. The third-order valence-corrected chi connectivity index (χ3v) is 1.59. The van der Waals surface area contributed by atoms with E-state index in [4.69, 9.17) is 0 Å². The summed E-state index contributed by atoms with van der Waals surface area (Å²) < 4.78 is 79.0. The first-order valence-corrected chi connectivity index (χ1v) is 4.55. The van der Waals surface area contributed by atoms with Crippen LogP contribution in [0, 0.1) is 0 Å². The maximum atomic E-state index is 11.9. The molecule has 0 fully saturated rings. The largest absolute Gasteiger partial charge is 0.491 e. The van der Waals surface area contributed by atoms with Crippen molar-refractivity contribution in [2.45, 2.75) is 12.4 Å². The summed E-state index contributed by atoms with van der Waals surface area (Å²) in [5.41, 5.74) is 0. The summed E-state index contributed by atoms with van der Waals surface area (Å²) in [4.78, 5) is 24.1. The minimum atomic E-state index is -5.39. The quantitative estimate of drug-likeness (QED) is 0.618. The molecule has 0 radical (unpaired) electrons. The van der Waals surface area contributed by atoms with Gasteiger partial charge < -0.3 is 9.47 Å². The number of halogens is 6. The van der Waals surface area contributed by atoms with Gasteiger partial charge in [0.15, 0.2) is 5.75 Å². The average molecular weight is 303 g/mol. The van der Waals surface area contributed by atoms with Crippen molar-refractivity contribution in [2.75, 3.05) is 0 Å². The van der Waals surface area contributed by atoms with Crippen LogP contribution in [0.15, 0.2) is 18.3 Å². The maximum Gasteiger partial charge on any atom is 0.491 e. The summed E-state index contributed by atoms with van der Waals surface area (Å²) in [6.45, 7) is 0. The predicted octanol–water partition coefficient (Wildman–Crippen LogP) is 2.02. The van der Waals surface area contributed by atoms with E-state index in [9.17, 15) is 35.9 Å². The molecule has 0 unspecified atom stereocenters. The molecule has 20 heavy (non-hydrogen) atoms. The van der Waals surface area contributed by atoms with Crippen molar-refractivity contribution in [3.63, 3.8) is 0 Å². The van der Waals surface area contributed by atoms with Gasteiger partial charge in [-0.3, -0.25) is 0 Å². The molecule has 110 valence electrons. The normalized spacial score (nSPS) is 11.9. The maximum absolute atomic E-state index is 11.9. The molecule has 1 heterocycles. The topological polar surface area (TPSA) is 65.5 Å².